The van der Waals surface area contributed by atoms with E-state index in [-0.39, 0.29) is 24.1 Å². The Hall–Kier alpha value is -1.66. The maximum Gasteiger partial charge on any atom is 0.226 e. The molecule has 1 aliphatic rings. The lowest BCUT2D eigenvalue weighted by atomic mass is 10.2. The summed E-state index contributed by atoms with van der Waals surface area (Å²) in [7, 11) is 0. The number of benzene rings is 1. The van der Waals surface area contributed by atoms with Crippen molar-refractivity contribution in [3.8, 4) is 0 Å². The van der Waals surface area contributed by atoms with E-state index in [9.17, 15) is 9.18 Å². The first-order chi connectivity index (χ1) is 9.65. The van der Waals surface area contributed by atoms with E-state index in [0.717, 1.165) is 19.4 Å². The number of amides is 1. The average molecular weight is 282 g/mol. The van der Waals surface area contributed by atoms with Crippen LogP contribution in [0.1, 0.15) is 19.3 Å². The second-order valence-electron chi connectivity index (χ2n) is 4.74. The number of nitrogens with one attached hydrogen (secondary N) is 1. The van der Waals surface area contributed by atoms with Crippen molar-refractivity contribution in [2.24, 2.45) is 0 Å². The third-order valence-corrected chi connectivity index (χ3v) is 3.09. The molecule has 1 amide bonds. The van der Waals surface area contributed by atoms with Crippen LogP contribution in [0.5, 0.6) is 0 Å². The predicted molar refractivity (Wildman–Crippen MR) is 73.9 cm³/mol. The summed E-state index contributed by atoms with van der Waals surface area (Å²) in [6.07, 6.45) is 2.46. The van der Waals surface area contributed by atoms with Crippen molar-refractivity contribution >= 4 is 17.3 Å². The van der Waals surface area contributed by atoms with Crippen LogP contribution >= 0.6 is 0 Å². The van der Waals surface area contributed by atoms with Gasteiger partial charge >= 0.3 is 0 Å². The van der Waals surface area contributed by atoms with Gasteiger partial charge in [0.1, 0.15) is 5.82 Å². The molecule has 2 rings (SSSR count). The molecule has 1 saturated heterocycles. The van der Waals surface area contributed by atoms with E-state index in [1.165, 1.54) is 18.2 Å². The normalized spacial score (nSPS) is 18.1. The molecule has 6 heteroatoms. The number of nitrogens with two attached hydrogens (primary N) is 1. The number of hydrogen-bond donors (Lipinski definition) is 2. The van der Waals surface area contributed by atoms with Gasteiger partial charge in [0.05, 0.1) is 37.1 Å². The molecule has 0 saturated carbocycles. The molecule has 0 aromatic heterocycles. The second kappa shape index (κ2) is 7.21. The zero-order valence-electron chi connectivity index (χ0n) is 11.2. The molecule has 1 unspecified atom stereocenters. The molecule has 1 fully saturated rings. The number of carbonyl (C=O) groups is 1. The third kappa shape index (κ3) is 4.47. The Morgan fingerprint density at radius 3 is 3.10 bits per heavy atom. The molecule has 3 N–H and O–H groups in total. The molecule has 0 radical (unpaired) electrons. The van der Waals surface area contributed by atoms with Gasteiger partial charge in [0.2, 0.25) is 5.91 Å². The quantitative estimate of drug-likeness (QED) is 0.617. The van der Waals surface area contributed by atoms with Crippen LogP contribution in [-0.2, 0) is 14.3 Å². The van der Waals surface area contributed by atoms with Crippen molar-refractivity contribution in [1.29, 1.82) is 0 Å². The third-order valence-electron chi connectivity index (χ3n) is 3.09. The van der Waals surface area contributed by atoms with Gasteiger partial charge in [0.15, 0.2) is 0 Å². The van der Waals surface area contributed by atoms with Crippen LogP contribution in [0.4, 0.5) is 15.8 Å². The predicted octanol–water partition coefficient (Wildman–Crippen LogP) is 1.93. The Bertz CT molecular complexity index is 462. The van der Waals surface area contributed by atoms with Gasteiger partial charge in [-0.15, -0.1) is 0 Å². The number of carbonyl (C=O) groups excluding carboxylic acids is 1. The fraction of sp³-hybridized carbons (Fsp3) is 0.500. The average Bonchev–Trinajstić information content (AvgIpc) is 2.91. The van der Waals surface area contributed by atoms with Gasteiger partial charge in [-0.2, -0.15) is 0 Å². The van der Waals surface area contributed by atoms with Gasteiger partial charge in [0.25, 0.3) is 0 Å². The number of halogens is 1. The van der Waals surface area contributed by atoms with Crippen molar-refractivity contribution in [2.75, 3.05) is 30.9 Å². The molecule has 110 valence electrons. The largest absolute Gasteiger partial charge is 0.397 e. The van der Waals surface area contributed by atoms with Crippen molar-refractivity contribution in [3.05, 3.63) is 24.0 Å². The summed E-state index contributed by atoms with van der Waals surface area (Å²) in [5.74, 6) is -0.643. The summed E-state index contributed by atoms with van der Waals surface area (Å²) >= 11 is 0. The number of hydrogen-bond acceptors (Lipinski definition) is 4. The number of rotatable bonds is 6. The monoisotopic (exact) mass is 282 g/mol. The highest BCUT2D eigenvalue weighted by atomic mass is 19.1. The van der Waals surface area contributed by atoms with Gasteiger partial charge in [-0.25, -0.2) is 4.39 Å². The minimum atomic E-state index is -0.430. The van der Waals surface area contributed by atoms with Crippen LogP contribution in [0.15, 0.2) is 18.2 Å². The Morgan fingerprint density at radius 2 is 2.40 bits per heavy atom. The Morgan fingerprint density at radius 1 is 1.55 bits per heavy atom. The first-order valence-corrected chi connectivity index (χ1v) is 6.69. The molecular weight excluding hydrogens is 263 g/mol. The summed E-state index contributed by atoms with van der Waals surface area (Å²) in [4.78, 5) is 11.7. The van der Waals surface area contributed by atoms with Crippen molar-refractivity contribution in [1.82, 2.24) is 0 Å². The fourth-order valence-corrected chi connectivity index (χ4v) is 2.02. The lowest BCUT2D eigenvalue weighted by Gasteiger charge is -2.11. The first kappa shape index (κ1) is 14.7. The second-order valence-corrected chi connectivity index (χ2v) is 4.74. The molecule has 0 bridgehead atoms. The zero-order chi connectivity index (χ0) is 14.4. The highest BCUT2D eigenvalue weighted by molar-refractivity contribution is 5.93. The van der Waals surface area contributed by atoms with Crippen LogP contribution in [0.3, 0.4) is 0 Å². The van der Waals surface area contributed by atoms with Gasteiger partial charge in [0, 0.05) is 6.61 Å². The summed E-state index contributed by atoms with van der Waals surface area (Å²) in [5, 5.41) is 2.62. The standard InChI is InChI=1S/C14H19FN2O3/c15-10-3-4-13(12(16)8-10)17-14(18)5-7-19-9-11-2-1-6-20-11/h3-4,8,11H,1-2,5-7,9,16H2,(H,17,18). The van der Waals surface area contributed by atoms with E-state index < -0.39 is 5.82 Å². The van der Waals surface area contributed by atoms with Crippen molar-refractivity contribution in [2.45, 2.75) is 25.4 Å². The summed E-state index contributed by atoms with van der Waals surface area (Å²) in [5.41, 5.74) is 6.22. The van der Waals surface area contributed by atoms with Crippen LogP contribution in [0.2, 0.25) is 0 Å². The summed E-state index contributed by atoms with van der Waals surface area (Å²) < 4.78 is 23.7. The highest BCUT2D eigenvalue weighted by Gasteiger charge is 2.15. The first-order valence-electron chi connectivity index (χ1n) is 6.69. The SMILES string of the molecule is Nc1cc(F)ccc1NC(=O)CCOCC1CCCO1. The molecule has 1 aromatic rings. The maximum atomic E-state index is 12.9. The van der Waals surface area contributed by atoms with Gasteiger partial charge < -0.3 is 20.5 Å². The molecule has 5 nitrogen and oxygen atoms in total. The molecule has 0 spiro atoms. The molecule has 0 aliphatic carbocycles. The Labute approximate surface area is 117 Å². The van der Waals surface area contributed by atoms with E-state index in [2.05, 4.69) is 5.32 Å². The van der Waals surface area contributed by atoms with Crippen LogP contribution in [0.25, 0.3) is 0 Å². The minimum absolute atomic E-state index is 0.158. The Balaban J connectivity index is 1.67. The molecule has 20 heavy (non-hydrogen) atoms. The van der Waals surface area contributed by atoms with Crippen LogP contribution in [0, 0.1) is 5.82 Å². The maximum absolute atomic E-state index is 12.9. The molecule has 1 aliphatic heterocycles. The number of anilines is 2. The van der Waals surface area contributed by atoms with Crippen molar-refractivity contribution in [3.63, 3.8) is 0 Å². The van der Waals surface area contributed by atoms with E-state index in [1.807, 2.05) is 0 Å². The molecule has 1 heterocycles. The van der Waals surface area contributed by atoms with E-state index in [0.29, 0.717) is 18.9 Å². The molecule has 1 aromatic carbocycles. The van der Waals surface area contributed by atoms with E-state index in [1.54, 1.807) is 0 Å². The van der Waals surface area contributed by atoms with E-state index in [4.69, 9.17) is 15.2 Å². The van der Waals surface area contributed by atoms with Gasteiger partial charge in [-0.3, -0.25) is 4.79 Å². The zero-order valence-corrected chi connectivity index (χ0v) is 11.2. The van der Waals surface area contributed by atoms with Crippen molar-refractivity contribution < 1.29 is 18.7 Å². The summed E-state index contributed by atoms with van der Waals surface area (Å²) in [6, 6.07) is 3.86. The number of ether oxygens (including phenoxy) is 2. The minimum Gasteiger partial charge on any atom is -0.397 e. The Kier molecular flexibility index (Phi) is 5.31. The topological polar surface area (TPSA) is 73.6 Å². The van der Waals surface area contributed by atoms with Crippen LogP contribution in [-0.4, -0.2) is 31.8 Å². The fourth-order valence-electron chi connectivity index (χ4n) is 2.02. The number of nitrogen functional groups attached to an aromatic ring is 1. The smallest absolute Gasteiger partial charge is 0.226 e. The van der Waals surface area contributed by atoms with E-state index >= 15 is 0 Å². The lowest BCUT2D eigenvalue weighted by molar-refractivity contribution is -0.117. The summed E-state index contributed by atoms with van der Waals surface area (Å²) in [6.45, 7) is 1.64. The highest BCUT2D eigenvalue weighted by Crippen LogP contribution is 2.19. The lowest BCUT2D eigenvalue weighted by Crippen LogP contribution is -2.18. The van der Waals surface area contributed by atoms with Gasteiger partial charge in [-0.1, -0.05) is 0 Å². The van der Waals surface area contributed by atoms with Crippen LogP contribution < -0.4 is 11.1 Å². The van der Waals surface area contributed by atoms with Gasteiger partial charge in [-0.05, 0) is 31.0 Å². The molecular formula is C14H19FN2O3. The molecule has 1 atom stereocenters.